The molecular weight excluding hydrogens is 234 g/mol. The molecule has 1 saturated carbocycles. The molecule has 1 aromatic rings. The summed E-state index contributed by atoms with van der Waals surface area (Å²) in [5.41, 5.74) is 2.87. The fourth-order valence-electron chi connectivity index (χ4n) is 3.52. The van der Waals surface area contributed by atoms with Crippen LogP contribution in [0.4, 0.5) is 5.69 Å². The van der Waals surface area contributed by atoms with Gasteiger partial charge in [0.2, 0.25) is 0 Å². The average Bonchev–Trinajstić information content (AvgIpc) is 3.08. The molecule has 2 aliphatic rings. The molecule has 19 heavy (non-hydrogen) atoms. The van der Waals surface area contributed by atoms with Crippen LogP contribution in [0.5, 0.6) is 0 Å². The second-order valence-corrected chi connectivity index (χ2v) is 6.10. The van der Waals surface area contributed by atoms with Crippen molar-refractivity contribution in [1.82, 2.24) is 0 Å². The fraction of sp³-hybridized carbons (Fsp3) is 0.647. The summed E-state index contributed by atoms with van der Waals surface area (Å²) in [6.07, 6.45) is 9.30. The predicted molar refractivity (Wildman–Crippen MR) is 79.6 cm³/mol. The van der Waals surface area contributed by atoms with Crippen LogP contribution < -0.4 is 5.32 Å². The van der Waals surface area contributed by atoms with E-state index in [1.54, 1.807) is 0 Å². The Kier molecular flexibility index (Phi) is 3.79. The Balaban J connectivity index is 1.49. The first-order chi connectivity index (χ1) is 9.30. The van der Waals surface area contributed by atoms with Gasteiger partial charge < -0.3 is 10.1 Å². The van der Waals surface area contributed by atoms with Crippen molar-refractivity contribution in [3.8, 4) is 0 Å². The van der Waals surface area contributed by atoms with Crippen LogP contribution >= 0.6 is 0 Å². The normalized spacial score (nSPS) is 25.0. The Hall–Kier alpha value is -1.02. The highest BCUT2D eigenvalue weighted by atomic mass is 16.5. The Morgan fingerprint density at radius 2 is 1.89 bits per heavy atom. The summed E-state index contributed by atoms with van der Waals surface area (Å²) in [5, 5.41) is 3.52. The lowest BCUT2D eigenvalue weighted by atomic mass is 9.98. The van der Waals surface area contributed by atoms with Crippen LogP contribution in [0.3, 0.4) is 0 Å². The van der Waals surface area contributed by atoms with Gasteiger partial charge in [0.25, 0.3) is 0 Å². The Morgan fingerprint density at radius 3 is 2.58 bits per heavy atom. The molecule has 2 nitrogen and oxygen atoms in total. The predicted octanol–water partition coefficient (Wildman–Crippen LogP) is 4.15. The van der Waals surface area contributed by atoms with E-state index >= 15 is 0 Å². The van der Waals surface area contributed by atoms with Gasteiger partial charge in [-0.2, -0.15) is 0 Å². The first-order valence-corrected chi connectivity index (χ1v) is 7.80. The highest BCUT2D eigenvalue weighted by Crippen LogP contribution is 2.43. The number of nitrogens with one attached hydrogen (secondary N) is 1. The summed E-state index contributed by atoms with van der Waals surface area (Å²) in [6, 6.07) is 8.77. The molecular formula is C17H25NO. The van der Waals surface area contributed by atoms with Crippen molar-refractivity contribution < 1.29 is 4.74 Å². The second kappa shape index (κ2) is 5.54. The van der Waals surface area contributed by atoms with Gasteiger partial charge in [0.15, 0.2) is 0 Å². The van der Waals surface area contributed by atoms with E-state index in [2.05, 4.69) is 36.5 Å². The summed E-state index contributed by atoms with van der Waals surface area (Å²) in [4.78, 5) is 0. The number of benzene rings is 1. The number of hydrogen-bond acceptors (Lipinski definition) is 2. The van der Waals surface area contributed by atoms with Gasteiger partial charge in [-0.15, -0.1) is 0 Å². The third kappa shape index (κ3) is 2.94. The van der Waals surface area contributed by atoms with Crippen LogP contribution in [0.15, 0.2) is 24.3 Å². The number of rotatable bonds is 4. The smallest absolute Gasteiger partial charge is 0.0756 e. The average molecular weight is 259 g/mol. The third-order valence-corrected chi connectivity index (χ3v) is 4.75. The monoisotopic (exact) mass is 259 g/mol. The van der Waals surface area contributed by atoms with Crippen molar-refractivity contribution in [2.24, 2.45) is 0 Å². The van der Waals surface area contributed by atoms with Crippen molar-refractivity contribution in [2.75, 3.05) is 11.9 Å². The molecule has 1 atom stereocenters. The van der Waals surface area contributed by atoms with Gasteiger partial charge >= 0.3 is 0 Å². The molecule has 1 aromatic carbocycles. The number of ether oxygens (including phenoxy) is 1. The molecule has 1 spiro atoms. The lowest BCUT2D eigenvalue weighted by molar-refractivity contribution is -0.0307. The summed E-state index contributed by atoms with van der Waals surface area (Å²) in [7, 11) is 0. The lowest BCUT2D eigenvalue weighted by Crippen LogP contribution is -2.27. The standard InChI is InChI=1S/C17H25NO/c1-2-14-5-7-15(8-6-14)18-13-16-9-12-17(19-16)10-3-4-11-17/h5-8,16,18H,2-4,9-13H2,1H3. The van der Waals surface area contributed by atoms with Crippen molar-refractivity contribution in [2.45, 2.75) is 63.6 Å². The fourth-order valence-corrected chi connectivity index (χ4v) is 3.52. The van der Waals surface area contributed by atoms with E-state index in [9.17, 15) is 0 Å². The van der Waals surface area contributed by atoms with E-state index < -0.39 is 0 Å². The van der Waals surface area contributed by atoms with Gasteiger partial charge in [-0.05, 0) is 49.8 Å². The quantitative estimate of drug-likeness (QED) is 0.877. The van der Waals surface area contributed by atoms with Crippen molar-refractivity contribution in [3.63, 3.8) is 0 Å². The lowest BCUT2D eigenvalue weighted by Gasteiger charge is -2.24. The molecule has 104 valence electrons. The Morgan fingerprint density at radius 1 is 1.16 bits per heavy atom. The van der Waals surface area contributed by atoms with Crippen LogP contribution in [0.1, 0.15) is 51.0 Å². The molecule has 1 saturated heterocycles. The molecule has 1 N–H and O–H groups in total. The van der Waals surface area contributed by atoms with Crippen molar-refractivity contribution in [1.29, 1.82) is 0 Å². The zero-order valence-electron chi connectivity index (χ0n) is 12.0. The molecule has 3 rings (SSSR count). The van der Waals surface area contributed by atoms with Crippen LogP contribution in [0, 0.1) is 0 Å². The van der Waals surface area contributed by atoms with Gasteiger partial charge in [0.1, 0.15) is 0 Å². The zero-order valence-corrected chi connectivity index (χ0v) is 12.0. The van der Waals surface area contributed by atoms with E-state index in [1.165, 1.54) is 49.8 Å². The molecule has 1 aliphatic carbocycles. The molecule has 0 radical (unpaired) electrons. The van der Waals surface area contributed by atoms with Crippen LogP contribution in [0.25, 0.3) is 0 Å². The molecule has 1 heterocycles. The van der Waals surface area contributed by atoms with Gasteiger partial charge in [0.05, 0.1) is 11.7 Å². The van der Waals surface area contributed by atoms with E-state index in [-0.39, 0.29) is 5.60 Å². The molecule has 0 aromatic heterocycles. The second-order valence-electron chi connectivity index (χ2n) is 6.10. The topological polar surface area (TPSA) is 21.3 Å². The minimum absolute atomic E-state index is 0.262. The van der Waals surface area contributed by atoms with Gasteiger partial charge in [-0.1, -0.05) is 31.9 Å². The van der Waals surface area contributed by atoms with Gasteiger partial charge in [0, 0.05) is 12.2 Å². The Bertz CT molecular complexity index is 406. The Labute approximate surface area is 116 Å². The molecule has 2 fully saturated rings. The maximum absolute atomic E-state index is 6.31. The highest BCUT2D eigenvalue weighted by Gasteiger charge is 2.41. The van der Waals surface area contributed by atoms with Gasteiger partial charge in [-0.25, -0.2) is 0 Å². The van der Waals surface area contributed by atoms with Crippen LogP contribution in [-0.2, 0) is 11.2 Å². The number of anilines is 1. The molecule has 2 heteroatoms. The number of aryl methyl sites for hydroxylation is 1. The van der Waals surface area contributed by atoms with Crippen LogP contribution in [0.2, 0.25) is 0 Å². The summed E-state index contributed by atoms with van der Waals surface area (Å²) >= 11 is 0. The highest BCUT2D eigenvalue weighted by molar-refractivity contribution is 5.44. The van der Waals surface area contributed by atoms with Crippen molar-refractivity contribution in [3.05, 3.63) is 29.8 Å². The zero-order chi connectivity index (χ0) is 13.1. The van der Waals surface area contributed by atoms with E-state index in [1.807, 2.05) is 0 Å². The first kappa shape index (κ1) is 13.0. The van der Waals surface area contributed by atoms with E-state index in [4.69, 9.17) is 4.74 Å². The third-order valence-electron chi connectivity index (χ3n) is 4.75. The minimum Gasteiger partial charge on any atom is -0.382 e. The number of hydrogen-bond donors (Lipinski definition) is 1. The molecule has 0 amide bonds. The first-order valence-electron chi connectivity index (χ1n) is 7.80. The molecule has 1 unspecified atom stereocenters. The largest absolute Gasteiger partial charge is 0.382 e. The molecule has 1 aliphatic heterocycles. The summed E-state index contributed by atoms with van der Waals surface area (Å²) < 4.78 is 6.31. The SMILES string of the molecule is CCc1ccc(NCC2CCC3(CCCC3)O2)cc1. The maximum Gasteiger partial charge on any atom is 0.0756 e. The minimum atomic E-state index is 0.262. The van der Waals surface area contributed by atoms with E-state index in [0.717, 1.165) is 13.0 Å². The van der Waals surface area contributed by atoms with E-state index in [0.29, 0.717) is 6.10 Å². The van der Waals surface area contributed by atoms with Crippen LogP contribution in [-0.4, -0.2) is 18.2 Å². The van der Waals surface area contributed by atoms with Crippen molar-refractivity contribution >= 4 is 5.69 Å². The molecule has 0 bridgehead atoms. The van der Waals surface area contributed by atoms with Gasteiger partial charge in [-0.3, -0.25) is 0 Å². The summed E-state index contributed by atoms with van der Waals surface area (Å²) in [5.74, 6) is 0. The summed E-state index contributed by atoms with van der Waals surface area (Å²) in [6.45, 7) is 3.14. The maximum atomic E-state index is 6.31.